The molecule has 0 atom stereocenters. The first-order valence-corrected chi connectivity index (χ1v) is 5.04. The molecule has 1 N–H and O–H groups in total. The van der Waals surface area contributed by atoms with Crippen LogP contribution in [0.15, 0.2) is 18.5 Å². The number of halogens is 4. The molecule has 0 aliphatic rings. The van der Waals surface area contributed by atoms with Crippen LogP contribution in [0.1, 0.15) is 0 Å². The molecule has 0 saturated heterocycles. The Bertz CT molecular complexity index is 526. The van der Waals surface area contributed by atoms with Crippen LogP contribution in [0, 0.1) is 0 Å². The van der Waals surface area contributed by atoms with E-state index in [1.54, 1.807) is 6.07 Å². The Morgan fingerprint density at radius 1 is 1.28 bits per heavy atom. The van der Waals surface area contributed by atoms with Gasteiger partial charge in [-0.25, -0.2) is 4.68 Å². The molecule has 2 aromatic heterocycles. The Hall–Kier alpha value is -1.90. The number of nitrogens with one attached hydrogen (secondary N) is 1. The lowest BCUT2D eigenvalue weighted by molar-refractivity contribution is -0.115. The smallest absolute Gasteiger partial charge is 0.345 e. The second-order valence-electron chi connectivity index (χ2n) is 3.15. The van der Waals surface area contributed by atoms with Crippen molar-refractivity contribution < 1.29 is 13.2 Å². The molecule has 2 heterocycles. The van der Waals surface area contributed by atoms with Gasteiger partial charge in [-0.2, -0.15) is 33.2 Å². The third-order valence-corrected chi connectivity index (χ3v) is 1.92. The summed E-state index contributed by atoms with van der Waals surface area (Å²) in [5.41, 5.74) is 0. The summed E-state index contributed by atoms with van der Waals surface area (Å²) in [6.07, 6.45) is -1.37. The maximum Gasteiger partial charge on any atom is 0.405 e. The molecule has 0 aliphatic heterocycles. The third kappa shape index (κ3) is 3.29. The van der Waals surface area contributed by atoms with Gasteiger partial charge in [0.1, 0.15) is 6.54 Å². The zero-order valence-electron chi connectivity index (χ0n) is 8.69. The Balaban J connectivity index is 2.22. The Kier molecular flexibility index (Phi) is 3.32. The summed E-state index contributed by atoms with van der Waals surface area (Å²) in [7, 11) is 0. The fourth-order valence-electron chi connectivity index (χ4n) is 1.09. The van der Waals surface area contributed by atoms with E-state index in [1.165, 1.54) is 17.1 Å². The van der Waals surface area contributed by atoms with Crippen molar-refractivity contribution in [1.29, 1.82) is 0 Å². The largest absolute Gasteiger partial charge is 0.405 e. The van der Waals surface area contributed by atoms with Crippen LogP contribution in [0.4, 0.5) is 19.1 Å². The molecule has 0 radical (unpaired) electrons. The minimum Gasteiger partial charge on any atom is -0.345 e. The first-order valence-electron chi connectivity index (χ1n) is 4.66. The Labute approximate surface area is 104 Å². The molecule has 6 nitrogen and oxygen atoms in total. The summed E-state index contributed by atoms with van der Waals surface area (Å²) >= 11 is 5.59. The molecule has 18 heavy (non-hydrogen) atoms. The molecule has 2 aromatic rings. The van der Waals surface area contributed by atoms with Gasteiger partial charge in [-0.1, -0.05) is 0 Å². The highest BCUT2D eigenvalue weighted by molar-refractivity contribution is 6.28. The summed E-state index contributed by atoms with van der Waals surface area (Å²) in [4.78, 5) is 11.0. The van der Waals surface area contributed by atoms with E-state index >= 15 is 0 Å². The van der Waals surface area contributed by atoms with Gasteiger partial charge in [0.15, 0.2) is 0 Å². The second kappa shape index (κ2) is 4.77. The van der Waals surface area contributed by atoms with Crippen molar-refractivity contribution in [2.24, 2.45) is 0 Å². The van der Waals surface area contributed by atoms with E-state index in [0.717, 1.165) is 0 Å². The van der Waals surface area contributed by atoms with E-state index in [4.69, 9.17) is 11.6 Å². The molecule has 0 fully saturated rings. The van der Waals surface area contributed by atoms with Gasteiger partial charge >= 0.3 is 6.18 Å². The van der Waals surface area contributed by atoms with Gasteiger partial charge in [0.05, 0.1) is 0 Å². The normalized spacial score (nSPS) is 11.6. The summed E-state index contributed by atoms with van der Waals surface area (Å²) in [5, 5.41) is 5.63. The molecule has 0 saturated carbocycles. The van der Waals surface area contributed by atoms with E-state index < -0.39 is 12.7 Å². The van der Waals surface area contributed by atoms with Gasteiger partial charge in [-0.15, -0.1) is 0 Å². The number of rotatable bonds is 3. The van der Waals surface area contributed by atoms with Gasteiger partial charge in [-0.05, 0) is 17.7 Å². The number of hydrogen-bond donors (Lipinski definition) is 1. The van der Waals surface area contributed by atoms with Crippen molar-refractivity contribution >= 4 is 17.5 Å². The number of alkyl halides is 3. The van der Waals surface area contributed by atoms with Crippen LogP contribution in [0.3, 0.4) is 0 Å². The standard InChI is InChI=1S/C8H6ClF3N6/c9-5-15-6(13-4-8(10,11)12)17-7(16-5)18-3-1-2-14-18/h1-3H,4H2,(H,13,15,16,17). The molecular weight excluding hydrogens is 273 g/mol. The second-order valence-corrected chi connectivity index (χ2v) is 3.49. The minimum atomic E-state index is -4.37. The van der Waals surface area contributed by atoms with Crippen LogP contribution in [0.2, 0.25) is 5.28 Å². The van der Waals surface area contributed by atoms with E-state index in [1.807, 2.05) is 5.32 Å². The lowest BCUT2D eigenvalue weighted by Gasteiger charge is -2.08. The molecule has 0 spiro atoms. The third-order valence-electron chi connectivity index (χ3n) is 1.75. The Morgan fingerprint density at radius 2 is 2.06 bits per heavy atom. The molecule has 0 aliphatic carbocycles. The molecular formula is C8H6ClF3N6. The van der Waals surface area contributed by atoms with Gasteiger partial charge < -0.3 is 5.32 Å². The summed E-state index contributed by atoms with van der Waals surface area (Å²) in [6.45, 7) is -1.26. The van der Waals surface area contributed by atoms with Crippen molar-refractivity contribution in [3.8, 4) is 5.95 Å². The van der Waals surface area contributed by atoms with E-state index in [-0.39, 0.29) is 17.2 Å². The van der Waals surface area contributed by atoms with Crippen LogP contribution in [0.25, 0.3) is 5.95 Å². The molecule has 96 valence electrons. The highest BCUT2D eigenvalue weighted by atomic mass is 35.5. The van der Waals surface area contributed by atoms with E-state index in [9.17, 15) is 13.2 Å². The maximum absolute atomic E-state index is 12.0. The predicted molar refractivity (Wildman–Crippen MR) is 56.5 cm³/mol. The van der Waals surface area contributed by atoms with Crippen LogP contribution in [-0.4, -0.2) is 37.5 Å². The number of nitrogens with zero attached hydrogens (tertiary/aromatic N) is 5. The summed E-state index contributed by atoms with van der Waals surface area (Å²) < 4.78 is 37.4. The van der Waals surface area contributed by atoms with E-state index in [0.29, 0.717) is 0 Å². The van der Waals surface area contributed by atoms with Crippen molar-refractivity contribution in [1.82, 2.24) is 24.7 Å². The van der Waals surface area contributed by atoms with Crippen LogP contribution in [0.5, 0.6) is 0 Å². The average molecular weight is 279 g/mol. The first kappa shape index (κ1) is 12.6. The monoisotopic (exact) mass is 278 g/mol. The van der Waals surface area contributed by atoms with Gasteiger partial charge in [-0.3, -0.25) is 0 Å². The highest BCUT2D eigenvalue weighted by Gasteiger charge is 2.27. The Morgan fingerprint density at radius 3 is 2.67 bits per heavy atom. The fourth-order valence-corrected chi connectivity index (χ4v) is 1.24. The van der Waals surface area contributed by atoms with Crippen LogP contribution in [-0.2, 0) is 0 Å². The average Bonchev–Trinajstić information content (AvgIpc) is 2.78. The summed E-state index contributed by atoms with van der Waals surface area (Å²) in [5.74, 6) is -0.234. The van der Waals surface area contributed by atoms with Crippen LogP contribution < -0.4 is 5.32 Å². The molecule has 2 rings (SSSR count). The SMILES string of the molecule is FC(F)(F)CNc1nc(Cl)nc(-n2cccn2)n1. The minimum absolute atomic E-state index is 0.0321. The lowest BCUT2D eigenvalue weighted by Crippen LogP contribution is -2.23. The number of hydrogen-bond acceptors (Lipinski definition) is 5. The molecule has 0 aromatic carbocycles. The zero-order valence-corrected chi connectivity index (χ0v) is 9.44. The van der Waals surface area contributed by atoms with Gasteiger partial charge in [0, 0.05) is 12.4 Å². The number of aromatic nitrogens is 5. The molecule has 0 unspecified atom stereocenters. The molecule has 10 heteroatoms. The molecule has 0 bridgehead atoms. The van der Waals surface area contributed by atoms with Crippen molar-refractivity contribution in [3.63, 3.8) is 0 Å². The topological polar surface area (TPSA) is 68.5 Å². The number of anilines is 1. The van der Waals surface area contributed by atoms with Crippen molar-refractivity contribution in [3.05, 3.63) is 23.7 Å². The zero-order chi connectivity index (χ0) is 13.2. The quantitative estimate of drug-likeness (QED) is 0.925. The van der Waals surface area contributed by atoms with Gasteiger partial charge in [0.25, 0.3) is 5.95 Å². The maximum atomic E-state index is 12.0. The van der Waals surface area contributed by atoms with Crippen LogP contribution >= 0.6 is 11.6 Å². The fraction of sp³-hybridized carbons (Fsp3) is 0.250. The highest BCUT2D eigenvalue weighted by Crippen LogP contribution is 2.15. The summed E-state index contributed by atoms with van der Waals surface area (Å²) in [6, 6.07) is 1.61. The lowest BCUT2D eigenvalue weighted by atomic mass is 10.6. The van der Waals surface area contributed by atoms with Crippen molar-refractivity contribution in [2.45, 2.75) is 6.18 Å². The van der Waals surface area contributed by atoms with E-state index in [2.05, 4.69) is 20.1 Å². The van der Waals surface area contributed by atoms with Gasteiger partial charge in [0.2, 0.25) is 11.2 Å². The molecule has 0 amide bonds. The van der Waals surface area contributed by atoms with Crippen molar-refractivity contribution in [2.75, 3.05) is 11.9 Å². The first-order chi connectivity index (χ1) is 8.44. The predicted octanol–water partition coefficient (Wildman–Crippen LogP) is 1.68.